The number of fused-ring (bicyclic) bond motifs is 1. The molecule has 64 valence electrons. The van der Waals surface area contributed by atoms with E-state index >= 15 is 0 Å². The summed E-state index contributed by atoms with van der Waals surface area (Å²) in [4.78, 5) is 0. The normalized spacial score (nSPS) is 17.0. The molecule has 2 heteroatoms. The minimum absolute atomic E-state index is 0.989. The minimum Gasteiger partial charge on any atom is -0.385 e. The smallest absolute Gasteiger partial charge is 0.0385 e. The lowest BCUT2D eigenvalue weighted by Gasteiger charge is -2.16. The minimum atomic E-state index is 0.989. The van der Waals surface area contributed by atoms with Crippen molar-refractivity contribution in [3.05, 3.63) is 29.8 Å². The van der Waals surface area contributed by atoms with Crippen LogP contribution in [0.15, 0.2) is 24.3 Å². The molecule has 2 rings (SSSR count). The Morgan fingerprint density at radius 3 is 3.00 bits per heavy atom. The molecule has 0 saturated carbocycles. The van der Waals surface area contributed by atoms with E-state index in [1.54, 1.807) is 0 Å². The van der Waals surface area contributed by atoms with Gasteiger partial charge in [-0.1, -0.05) is 18.2 Å². The first-order valence-corrected chi connectivity index (χ1v) is 4.49. The zero-order valence-electron chi connectivity index (χ0n) is 7.14. The molecule has 1 aliphatic rings. The van der Waals surface area contributed by atoms with Gasteiger partial charge in [0, 0.05) is 18.8 Å². The van der Waals surface area contributed by atoms with Crippen molar-refractivity contribution >= 4 is 5.69 Å². The molecular weight excluding hydrogens is 148 g/mol. The van der Waals surface area contributed by atoms with E-state index in [0.717, 1.165) is 19.6 Å². The second kappa shape index (κ2) is 3.59. The van der Waals surface area contributed by atoms with Gasteiger partial charge in [0.05, 0.1) is 0 Å². The molecule has 0 saturated heterocycles. The number of nitrogens with one attached hydrogen (secondary N) is 2. The third-order valence-electron chi connectivity index (χ3n) is 2.18. The molecule has 0 spiro atoms. The number of benzene rings is 1. The van der Waals surface area contributed by atoms with Crippen molar-refractivity contribution in [2.24, 2.45) is 0 Å². The van der Waals surface area contributed by atoms with Crippen LogP contribution in [0.25, 0.3) is 0 Å². The SMILES string of the molecule is c1ccc2c(c1)CNCCCN2. The molecular formula is C10H14N2. The molecule has 0 aromatic heterocycles. The fraction of sp³-hybridized carbons (Fsp3) is 0.400. The van der Waals surface area contributed by atoms with Crippen LogP contribution in [-0.4, -0.2) is 13.1 Å². The monoisotopic (exact) mass is 162 g/mol. The standard InChI is InChI=1S/C10H14N2/c1-2-5-10-9(4-1)8-11-6-3-7-12-10/h1-2,4-5,11-12H,3,6-8H2. The average Bonchev–Trinajstić information content (AvgIpc) is 2.06. The molecule has 2 N–H and O–H groups in total. The Labute approximate surface area is 73.0 Å². The first-order valence-electron chi connectivity index (χ1n) is 4.49. The lowest BCUT2D eigenvalue weighted by molar-refractivity contribution is 0.653. The molecule has 0 bridgehead atoms. The number of anilines is 1. The van der Waals surface area contributed by atoms with Crippen LogP contribution < -0.4 is 10.6 Å². The molecule has 1 heterocycles. The van der Waals surface area contributed by atoms with Gasteiger partial charge in [-0.05, 0) is 24.6 Å². The van der Waals surface area contributed by atoms with Gasteiger partial charge in [-0.25, -0.2) is 0 Å². The lowest BCUT2D eigenvalue weighted by Crippen LogP contribution is -2.21. The maximum atomic E-state index is 3.43. The molecule has 0 unspecified atom stereocenters. The van der Waals surface area contributed by atoms with E-state index in [4.69, 9.17) is 0 Å². The van der Waals surface area contributed by atoms with Gasteiger partial charge in [0.2, 0.25) is 0 Å². The molecule has 0 fully saturated rings. The Bertz CT molecular complexity index is 231. The van der Waals surface area contributed by atoms with Crippen LogP contribution in [0.5, 0.6) is 0 Å². The van der Waals surface area contributed by atoms with E-state index in [1.807, 2.05) is 0 Å². The van der Waals surface area contributed by atoms with Crippen LogP contribution in [0.3, 0.4) is 0 Å². The number of hydrogen-bond donors (Lipinski definition) is 2. The third-order valence-corrected chi connectivity index (χ3v) is 2.18. The quantitative estimate of drug-likeness (QED) is 0.605. The first kappa shape index (κ1) is 7.62. The van der Waals surface area contributed by atoms with E-state index < -0.39 is 0 Å². The average molecular weight is 162 g/mol. The summed E-state index contributed by atoms with van der Waals surface area (Å²) >= 11 is 0. The van der Waals surface area contributed by atoms with E-state index in [0.29, 0.717) is 0 Å². The summed E-state index contributed by atoms with van der Waals surface area (Å²) in [6, 6.07) is 8.47. The van der Waals surface area contributed by atoms with Crippen molar-refractivity contribution in [3.8, 4) is 0 Å². The van der Waals surface area contributed by atoms with E-state index in [-0.39, 0.29) is 0 Å². The predicted molar refractivity (Wildman–Crippen MR) is 51.3 cm³/mol. The molecule has 1 aliphatic heterocycles. The first-order chi connectivity index (χ1) is 5.97. The van der Waals surface area contributed by atoms with E-state index in [9.17, 15) is 0 Å². The van der Waals surface area contributed by atoms with Gasteiger partial charge >= 0.3 is 0 Å². The van der Waals surface area contributed by atoms with Crippen LogP contribution in [0.1, 0.15) is 12.0 Å². The van der Waals surface area contributed by atoms with Gasteiger partial charge in [0.1, 0.15) is 0 Å². The maximum Gasteiger partial charge on any atom is 0.0385 e. The number of hydrogen-bond acceptors (Lipinski definition) is 2. The maximum absolute atomic E-state index is 3.43. The zero-order valence-corrected chi connectivity index (χ0v) is 7.14. The summed E-state index contributed by atoms with van der Waals surface area (Å²) in [5, 5.41) is 6.83. The fourth-order valence-corrected chi connectivity index (χ4v) is 1.51. The highest BCUT2D eigenvalue weighted by Crippen LogP contribution is 2.15. The fourth-order valence-electron chi connectivity index (χ4n) is 1.51. The molecule has 0 aliphatic carbocycles. The summed E-state index contributed by atoms with van der Waals surface area (Å²) in [5.74, 6) is 0. The predicted octanol–water partition coefficient (Wildman–Crippen LogP) is 1.59. The summed E-state index contributed by atoms with van der Waals surface area (Å²) in [5.41, 5.74) is 2.65. The van der Waals surface area contributed by atoms with Crippen LogP contribution in [0.4, 0.5) is 5.69 Å². The summed E-state index contributed by atoms with van der Waals surface area (Å²) in [7, 11) is 0. The van der Waals surface area contributed by atoms with Crippen molar-refractivity contribution in [1.82, 2.24) is 5.32 Å². The van der Waals surface area contributed by atoms with Gasteiger partial charge in [-0.3, -0.25) is 0 Å². The van der Waals surface area contributed by atoms with Crippen molar-refractivity contribution in [2.75, 3.05) is 18.4 Å². The Hall–Kier alpha value is -1.02. The Morgan fingerprint density at radius 1 is 1.08 bits per heavy atom. The Balaban J connectivity index is 2.24. The largest absolute Gasteiger partial charge is 0.385 e. The highest BCUT2D eigenvalue weighted by molar-refractivity contribution is 5.51. The Kier molecular flexibility index (Phi) is 2.28. The van der Waals surface area contributed by atoms with Crippen LogP contribution in [0, 0.1) is 0 Å². The van der Waals surface area contributed by atoms with Crippen LogP contribution >= 0.6 is 0 Å². The molecule has 0 atom stereocenters. The number of para-hydroxylation sites is 1. The zero-order chi connectivity index (χ0) is 8.23. The van der Waals surface area contributed by atoms with Gasteiger partial charge in [0.15, 0.2) is 0 Å². The molecule has 1 aromatic rings. The second-order valence-corrected chi connectivity index (χ2v) is 3.11. The number of rotatable bonds is 0. The molecule has 0 radical (unpaired) electrons. The summed E-state index contributed by atoms with van der Waals surface area (Å²) < 4.78 is 0. The van der Waals surface area contributed by atoms with Gasteiger partial charge in [-0.2, -0.15) is 0 Å². The lowest BCUT2D eigenvalue weighted by atomic mass is 10.1. The Morgan fingerprint density at radius 2 is 2.00 bits per heavy atom. The highest BCUT2D eigenvalue weighted by Gasteiger charge is 2.02. The molecule has 12 heavy (non-hydrogen) atoms. The molecule has 2 nitrogen and oxygen atoms in total. The van der Waals surface area contributed by atoms with Gasteiger partial charge < -0.3 is 10.6 Å². The van der Waals surface area contributed by atoms with Crippen molar-refractivity contribution in [1.29, 1.82) is 0 Å². The van der Waals surface area contributed by atoms with Gasteiger partial charge in [-0.15, -0.1) is 0 Å². The molecule has 1 aromatic carbocycles. The summed E-state index contributed by atoms with van der Waals surface area (Å²) in [6.07, 6.45) is 1.20. The van der Waals surface area contributed by atoms with Crippen molar-refractivity contribution in [3.63, 3.8) is 0 Å². The summed E-state index contributed by atoms with van der Waals surface area (Å²) in [6.45, 7) is 3.18. The van der Waals surface area contributed by atoms with E-state index in [1.165, 1.54) is 17.7 Å². The van der Waals surface area contributed by atoms with Crippen molar-refractivity contribution < 1.29 is 0 Å². The van der Waals surface area contributed by atoms with Crippen molar-refractivity contribution in [2.45, 2.75) is 13.0 Å². The van der Waals surface area contributed by atoms with E-state index in [2.05, 4.69) is 34.9 Å². The van der Waals surface area contributed by atoms with Gasteiger partial charge in [0.25, 0.3) is 0 Å². The second-order valence-electron chi connectivity index (χ2n) is 3.11. The third kappa shape index (κ3) is 1.59. The van der Waals surface area contributed by atoms with Crippen LogP contribution in [0.2, 0.25) is 0 Å². The topological polar surface area (TPSA) is 24.1 Å². The van der Waals surface area contributed by atoms with Crippen LogP contribution in [-0.2, 0) is 6.54 Å². The molecule has 0 amide bonds. The highest BCUT2D eigenvalue weighted by atomic mass is 14.9.